The third-order valence-corrected chi connectivity index (χ3v) is 2.36. The lowest BCUT2D eigenvalue weighted by atomic mass is 9.92. The molecule has 0 fully saturated rings. The predicted molar refractivity (Wildman–Crippen MR) is 68.6 cm³/mol. The number of benzene rings is 1. The van der Waals surface area contributed by atoms with Crippen molar-refractivity contribution in [3.05, 3.63) is 29.3 Å². The predicted octanol–water partition coefficient (Wildman–Crippen LogP) is 3.68. The Morgan fingerprint density at radius 3 is 2.44 bits per heavy atom. The van der Waals surface area contributed by atoms with Crippen molar-refractivity contribution in [2.75, 3.05) is 5.32 Å². The second-order valence-electron chi connectivity index (χ2n) is 5.60. The zero-order chi connectivity index (χ0) is 12.3. The van der Waals surface area contributed by atoms with Crippen LogP contribution in [-0.2, 0) is 4.79 Å². The van der Waals surface area contributed by atoms with E-state index in [1.54, 1.807) is 0 Å². The summed E-state index contributed by atoms with van der Waals surface area (Å²) in [6.07, 6.45) is 0.542. The van der Waals surface area contributed by atoms with E-state index in [4.69, 9.17) is 0 Å². The molecule has 2 nitrogen and oxygen atoms in total. The molecule has 0 saturated heterocycles. The van der Waals surface area contributed by atoms with Crippen molar-refractivity contribution in [1.29, 1.82) is 0 Å². The average Bonchev–Trinajstić information content (AvgIpc) is 2.08. The van der Waals surface area contributed by atoms with Crippen LogP contribution in [0, 0.1) is 19.3 Å². The number of carbonyl (C=O) groups excluding carboxylic acids is 1. The minimum Gasteiger partial charge on any atom is -0.326 e. The van der Waals surface area contributed by atoms with E-state index in [2.05, 4.69) is 32.2 Å². The summed E-state index contributed by atoms with van der Waals surface area (Å²) in [5.41, 5.74) is 3.22. The third kappa shape index (κ3) is 4.05. The highest BCUT2D eigenvalue weighted by Crippen LogP contribution is 2.21. The summed E-state index contributed by atoms with van der Waals surface area (Å²) in [5, 5.41) is 2.97. The molecule has 0 aliphatic heterocycles. The molecule has 0 spiro atoms. The van der Waals surface area contributed by atoms with Crippen LogP contribution in [-0.4, -0.2) is 5.91 Å². The highest BCUT2D eigenvalue weighted by molar-refractivity contribution is 5.91. The average molecular weight is 219 g/mol. The zero-order valence-corrected chi connectivity index (χ0v) is 10.8. The van der Waals surface area contributed by atoms with Gasteiger partial charge in [0.05, 0.1) is 0 Å². The second kappa shape index (κ2) is 4.69. The van der Waals surface area contributed by atoms with Gasteiger partial charge in [-0.05, 0) is 36.5 Å². The number of rotatable bonds is 2. The van der Waals surface area contributed by atoms with Crippen LogP contribution in [0.4, 0.5) is 5.69 Å². The Morgan fingerprint density at radius 2 is 1.88 bits per heavy atom. The fourth-order valence-electron chi connectivity index (χ4n) is 1.55. The molecule has 0 heterocycles. The first-order valence-electron chi connectivity index (χ1n) is 5.65. The molecule has 1 aromatic carbocycles. The van der Waals surface area contributed by atoms with E-state index in [0.29, 0.717) is 6.42 Å². The Morgan fingerprint density at radius 1 is 1.25 bits per heavy atom. The second-order valence-corrected chi connectivity index (χ2v) is 5.60. The van der Waals surface area contributed by atoms with E-state index >= 15 is 0 Å². The highest BCUT2D eigenvalue weighted by atomic mass is 16.1. The van der Waals surface area contributed by atoms with Crippen LogP contribution in [0.3, 0.4) is 0 Å². The quantitative estimate of drug-likeness (QED) is 0.807. The van der Waals surface area contributed by atoms with Gasteiger partial charge in [0.25, 0.3) is 0 Å². The van der Waals surface area contributed by atoms with Gasteiger partial charge < -0.3 is 5.32 Å². The lowest BCUT2D eigenvalue weighted by molar-refractivity contribution is -0.117. The first kappa shape index (κ1) is 12.8. The first-order chi connectivity index (χ1) is 7.28. The summed E-state index contributed by atoms with van der Waals surface area (Å²) in [6, 6.07) is 6.09. The monoisotopic (exact) mass is 219 g/mol. The molecule has 88 valence electrons. The molecule has 2 heteroatoms. The van der Waals surface area contributed by atoms with Crippen LogP contribution in [0.5, 0.6) is 0 Å². The number of carbonyl (C=O) groups is 1. The van der Waals surface area contributed by atoms with Crippen molar-refractivity contribution >= 4 is 11.6 Å². The van der Waals surface area contributed by atoms with Crippen molar-refractivity contribution in [2.45, 2.75) is 41.0 Å². The SMILES string of the molecule is Cc1ccc(C)c(NC(=O)CC(C)(C)C)c1. The van der Waals surface area contributed by atoms with Gasteiger partial charge >= 0.3 is 0 Å². The Kier molecular flexibility index (Phi) is 3.74. The van der Waals surface area contributed by atoms with Gasteiger partial charge in [0.15, 0.2) is 0 Å². The van der Waals surface area contributed by atoms with Crippen LogP contribution in [0.1, 0.15) is 38.3 Å². The van der Waals surface area contributed by atoms with Crippen molar-refractivity contribution in [3.8, 4) is 0 Å². The molecule has 0 radical (unpaired) electrons. The van der Waals surface area contributed by atoms with Crippen LogP contribution in [0.2, 0.25) is 0 Å². The molecule has 1 N–H and O–H groups in total. The Balaban J connectivity index is 2.73. The van der Waals surface area contributed by atoms with E-state index in [1.165, 1.54) is 0 Å². The summed E-state index contributed by atoms with van der Waals surface area (Å²) in [6.45, 7) is 10.2. The maximum absolute atomic E-state index is 11.8. The lowest BCUT2D eigenvalue weighted by Gasteiger charge is -2.18. The number of nitrogens with one attached hydrogen (secondary N) is 1. The Hall–Kier alpha value is -1.31. The summed E-state index contributed by atoms with van der Waals surface area (Å²) >= 11 is 0. The van der Waals surface area contributed by atoms with Gasteiger partial charge in [0.1, 0.15) is 0 Å². The fraction of sp³-hybridized carbons (Fsp3) is 0.500. The third-order valence-electron chi connectivity index (χ3n) is 2.36. The fourth-order valence-corrected chi connectivity index (χ4v) is 1.55. The van der Waals surface area contributed by atoms with Crippen LogP contribution >= 0.6 is 0 Å². The zero-order valence-electron chi connectivity index (χ0n) is 10.8. The largest absolute Gasteiger partial charge is 0.326 e. The number of anilines is 1. The molecule has 1 rings (SSSR count). The molecule has 0 aromatic heterocycles. The standard InChI is InChI=1S/C14H21NO/c1-10-6-7-11(2)12(8-10)15-13(16)9-14(3,4)5/h6-8H,9H2,1-5H3,(H,15,16). The smallest absolute Gasteiger partial charge is 0.224 e. The molecule has 1 aromatic rings. The van der Waals surface area contributed by atoms with Crippen molar-refractivity contribution in [3.63, 3.8) is 0 Å². The lowest BCUT2D eigenvalue weighted by Crippen LogP contribution is -2.20. The molecule has 16 heavy (non-hydrogen) atoms. The van der Waals surface area contributed by atoms with Crippen LogP contribution in [0.15, 0.2) is 18.2 Å². The van der Waals surface area contributed by atoms with E-state index < -0.39 is 0 Å². The normalized spacial score (nSPS) is 11.3. The highest BCUT2D eigenvalue weighted by Gasteiger charge is 2.16. The van der Waals surface area contributed by atoms with Gasteiger partial charge in [-0.1, -0.05) is 32.9 Å². The molecule has 0 aliphatic rings. The van der Waals surface area contributed by atoms with E-state index in [1.807, 2.05) is 26.0 Å². The Bertz CT molecular complexity index is 388. The number of aryl methyl sites for hydroxylation is 2. The van der Waals surface area contributed by atoms with E-state index in [0.717, 1.165) is 16.8 Å². The van der Waals surface area contributed by atoms with E-state index in [9.17, 15) is 4.79 Å². The topological polar surface area (TPSA) is 29.1 Å². The maximum Gasteiger partial charge on any atom is 0.224 e. The summed E-state index contributed by atoms with van der Waals surface area (Å²) in [4.78, 5) is 11.8. The van der Waals surface area contributed by atoms with Crippen molar-refractivity contribution in [2.24, 2.45) is 5.41 Å². The minimum atomic E-state index is 0.0296. The van der Waals surface area contributed by atoms with Gasteiger partial charge in [-0.15, -0.1) is 0 Å². The molecule has 0 atom stereocenters. The van der Waals surface area contributed by atoms with Gasteiger partial charge in [0, 0.05) is 12.1 Å². The number of hydrogen-bond donors (Lipinski definition) is 1. The van der Waals surface area contributed by atoms with Crippen molar-refractivity contribution in [1.82, 2.24) is 0 Å². The van der Waals surface area contributed by atoms with Crippen LogP contribution < -0.4 is 5.32 Å². The first-order valence-corrected chi connectivity index (χ1v) is 5.65. The summed E-state index contributed by atoms with van der Waals surface area (Å²) in [7, 11) is 0. The molecule has 0 unspecified atom stereocenters. The van der Waals surface area contributed by atoms with Gasteiger partial charge in [-0.3, -0.25) is 4.79 Å². The van der Waals surface area contributed by atoms with Gasteiger partial charge in [0.2, 0.25) is 5.91 Å². The number of hydrogen-bond acceptors (Lipinski definition) is 1. The summed E-state index contributed by atoms with van der Waals surface area (Å²) < 4.78 is 0. The molecule has 1 amide bonds. The maximum atomic E-state index is 11.8. The molecule has 0 bridgehead atoms. The minimum absolute atomic E-state index is 0.0296. The molecular weight excluding hydrogens is 198 g/mol. The summed E-state index contributed by atoms with van der Waals surface area (Å²) in [5.74, 6) is 0.0844. The van der Waals surface area contributed by atoms with Crippen LogP contribution in [0.25, 0.3) is 0 Å². The number of amides is 1. The molecule has 0 aliphatic carbocycles. The Labute approximate surface area is 98.1 Å². The van der Waals surface area contributed by atoms with Gasteiger partial charge in [-0.2, -0.15) is 0 Å². The van der Waals surface area contributed by atoms with Gasteiger partial charge in [-0.25, -0.2) is 0 Å². The van der Waals surface area contributed by atoms with E-state index in [-0.39, 0.29) is 11.3 Å². The molecule has 0 saturated carbocycles. The van der Waals surface area contributed by atoms with Crippen molar-refractivity contribution < 1.29 is 4.79 Å². The molecular formula is C14H21NO.